The summed E-state index contributed by atoms with van der Waals surface area (Å²) in [7, 11) is 0. The zero-order valence-electron chi connectivity index (χ0n) is 15.2. The van der Waals surface area contributed by atoms with Crippen molar-refractivity contribution in [3.05, 3.63) is 51.8 Å². The number of hydrogen-bond donors (Lipinski definition) is 1. The summed E-state index contributed by atoms with van der Waals surface area (Å²) in [6, 6.07) is 2.42. The summed E-state index contributed by atoms with van der Waals surface area (Å²) in [6.07, 6.45) is 4.46. The van der Waals surface area contributed by atoms with Gasteiger partial charge >= 0.3 is 0 Å². The average Bonchev–Trinajstić information content (AvgIpc) is 2.60. The van der Waals surface area contributed by atoms with Gasteiger partial charge in [0.25, 0.3) is 0 Å². The molecule has 0 atom stereocenters. The Morgan fingerprint density at radius 2 is 1.96 bits per heavy atom. The first kappa shape index (κ1) is 19.3. The van der Waals surface area contributed by atoms with Gasteiger partial charge in [0.05, 0.1) is 5.03 Å². The normalized spacial score (nSPS) is 16.2. The van der Waals surface area contributed by atoms with Crippen molar-refractivity contribution < 1.29 is 4.79 Å². The summed E-state index contributed by atoms with van der Waals surface area (Å²) >= 11 is 6.16. The number of hydrogen-bond acceptors (Lipinski definition) is 4. The Morgan fingerprint density at radius 3 is 2.48 bits per heavy atom. The quantitative estimate of drug-likeness (QED) is 0.459. The molecule has 1 aromatic carbocycles. The van der Waals surface area contributed by atoms with Crippen LogP contribution >= 0.6 is 11.6 Å². The Kier molecular flexibility index (Phi) is 6.43. The van der Waals surface area contributed by atoms with Gasteiger partial charge < -0.3 is 10.2 Å². The van der Waals surface area contributed by atoms with Gasteiger partial charge in [-0.05, 0) is 63.1 Å². The Labute approximate surface area is 155 Å². The first-order valence-corrected chi connectivity index (χ1v) is 8.87. The lowest BCUT2D eigenvalue weighted by atomic mass is 9.96. The van der Waals surface area contributed by atoms with Gasteiger partial charge in [0.15, 0.2) is 6.29 Å². The van der Waals surface area contributed by atoms with Crippen molar-refractivity contribution in [3.63, 3.8) is 0 Å². The highest BCUT2D eigenvalue weighted by atomic mass is 35.5. The number of aryl methyl sites for hydroxylation is 2. The predicted octanol–water partition coefficient (Wildman–Crippen LogP) is 4.60. The predicted molar refractivity (Wildman–Crippen MR) is 107 cm³/mol. The number of anilines is 1. The number of carbonyl (C=O) groups excluding carboxylic acids is 1. The van der Waals surface area contributed by atoms with E-state index in [-0.39, 0.29) is 0 Å². The van der Waals surface area contributed by atoms with Crippen molar-refractivity contribution in [3.8, 4) is 0 Å². The van der Waals surface area contributed by atoms with Gasteiger partial charge in [-0.3, -0.25) is 4.79 Å². The minimum atomic E-state index is 0.351. The van der Waals surface area contributed by atoms with Crippen LogP contribution in [0.2, 0.25) is 0 Å². The first-order valence-electron chi connectivity index (χ1n) is 8.49. The monoisotopic (exact) mass is 359 g/mol. The highest BCUT2D eigenvalue weighted by Crippen LogP contribution is 2.29. The summed E-state index contributed by atoms with van der Waals surface area (Å²) in [5.74, 6) is 0.695. The molecule has 1 fully saturated rings. The molecule has 0 bridgehead atoms. The van der Waals surface area contributed by atoms with Crippen LogP contribution in [0.3, 0.4) is 0 Å². The molecular formula is C20H26ClN3O. The Hall–Kier alpha value is -2.07. The molecule has 0 unspecified atom stereocenters. The first-order chi connectivity index (χ1) is 11.9. The van der Waals surface area contributed by atoms with Crippen LogP contribution in [0.4, 0.5) is 5.69 Å². The Bertz CT molecular complexity index is 716. The fraction of sp³-hybridized carbons (Fsp3) is 0.400. The van der Waals surface area contributed by atoms with Gasteiger partial charge in [0, 0.05) is 30.4 Å². The molecule has 25 heavy (non-hydrogen) atoms. The van der Waals surface area contributed by atoms with Crippen LogP contribution in [0.15, 0.2) is 34.6 Å². The molecular weight excluding hydrogens is 334 g/mol. The maximum Gasteiger partial charge on any atom is 0.150 e. The van der Waals surface area contributed by atoms with E-state index in [1.165, 1.54) is 5.56 Å². The van der Waals surface area contributed by atoms with Crippen LogP contribution in [0.5, 0.6) is 0 Å². The lowest BCUT2D eigenvalue weighted by Crippen LogP contribution is -2.38. The number of aliphatic imine (C=N–C) groups is 1. The standard InChI is InChI=1S/C20H26ClN3O/c1-6-18(21)20(22-5)24-9-7-16(8-10-24)23-19-14(3)11-13(2)17(12-25)15(19)4/h6,11-12,16,23H,1,5,7-10H2,2-4H3/b20-18-. The van der Waals surface area contributed by atoms with Crippen molar-refractivity contribution in [1.29, 1.82) is 0 Å². The van der Waals surface area contributed by atoms with Gasteiger partial charge in [0.1, 0.15) is 5.82 Å². The lowest BCUT2D eigenvalue weighted by molar-refractivity contribution is 0.112. The number of aldehydes is 1. The van der Waals surface area contributed by atoms with E-state index in [0.717, 1.165) is 54.6 Å². The van der Waals surface area contributed by atoms with E-state index in [4.69, 9.17) is 11.6 Å². The largest absolute Gasteiger partial charge is 0.382 e. The molecule has 4 nitrogen and oxygen atoms in total. The second kappa shape index (κ2) is 8.34. The number of piperidine rings is 1. The molecule has 1 saturated heterocycles. The molecule has 1 aliphatic rings. The third-order valence-electron chi connectivity index (χ3n) is 4.83. The second-order valence-corrected chi connectivity index (χ2v) is 6.89. The molecule has 1 aromatic rings. The second-order valence-electron chi connectivity index (χ2n) is 6.48. The van der Waals surface area contributed by atoms with E-state index in [1.807, 2.05) is 13.8 Å². The summed E-state index contributed by atoms with van der Waals surface area (Å²) in [6.45, 7) is 15.1. The number of halogens is 1. The Morgan fingerprint density at radius 1 is 1.32 bits per heavy atom. The van der Waals surface area contributed by atoms with E-state index in [2.05, 4.69) is 41.5 Å². The fourth-order valence-corrected chi connectivity index (χ4v) is 3.64. The molecule has 1 aliphatic heterocycles. The molecule has 0 radical (unpaired) electrons. The molecule has 1 heterocycles. The highest BCUT2D eigenvalue weighted by Gasteiger charge is 2.23. The van der Waals surface area contributed by atoms with Crippen molar-refractivity contribution in [2.24, 2.45) is 4.99 Å². The third kappa shape index (κ3) is 4.13. The van der Waals surface area contributed by atoms with Gasteiger partial charge in [0.2, 0.25) is 0 Å². The summed E-state index contributed by atoms with van der Waals surface area (Å²) in [4.78, 5) is 17.6. The maximum absolute atomic E-state index is 11.4. The minimum absolute atomic E-state index is 0.351. The molecule has 0 spiro atoms. The zero-order chi connectivity index (χ0) is 18.6. The molecule has 0 aromatic heterocycles. The molecule has 5 heteroatoms. The smallest absolute Gasteiger partial charge is 0.150 e. The molecule has 0 saturated carbocycles. The molecule has 2 rings (SSSR count). The van der Waals surface area contributed by atoms with E-state index >= 15 is 0 Å². The van der Waals surface area contributed by atoms with Crippen LogP contribution < -0.4 is 5.32 Å². The van der Waals surface area contributed by atoms with Crippen LogP contribution in [-0.2, 0) is 0 Å². The number of likely N-dealkylation sites (tertiary alicyclic amines) is 1. The minimum Gasteiger partial charge on any atom is -0.382 e. The van der Waals surface area contributed by atoms with Gasteiger partial charge in [-0.1, -0.05) is 24.2 Å². The van der Waals surface area contributed by atoms with Crippen molar-refractivity contribution in [1.82, 2.24) is 4.90 Å². The number of carbonyl (C=O) groups is 1. The van der Waals surface area contributed by atoms with Gasteiger partial charge in [-0.15, -0.1) is 0 Å². The van der Waals surface area contributed by atoms with E-state index in [9.17, 15) is 4.79 Å². The number of allylic oxidation sites excluding steroid dienone is 2. The fourth-order valence-electron chi connectivity index (χ4n) is 3.46. The third-order valence-corrected chi connectivity index (χ3v) is 5.16. The van der Waals surface area contributed by atoms with Crippen LogP contribution in [0.1, 0.15) is 39.9 Å². The molecule has 0 amide bonds. The average molecular weight is 360 g/mol. The van der Waals surface area contributed by atoms with Crippen molar-refractivity contribution >= 4 is 30.3 Å². The zero-order valence-corrected chi connectivity index (χ0v) is 16.0. The molecule has 1 N–H and O–H groups in total. The van der Waals surface area contributed by atoms with Gasteiger partial charge in [-0.2, -0.15) is 0 Å². The number of nitrogens with one attached hydrogen (secondary N) is 1. The summed E-state index contributed by atoms with van der Waals surface area (Å²) in [5, 5.41) is 4.17. The van der Waals surface area contributed by atoms with Crippen LogP contribution in [0.25, 0.3) is 0 Å². The van der Waals surface area contributed by atoms with E-state index in [1.54, 1.807) is 6.08 Å². The number of benzene rings is 1. The SMILES string of the molecule is C=C/C(Cl)=C(\N=C)N1CCC(Nc2c(C)cc(C)c(C=O)c2C)CC1. The van der Waals surface area contributed by atoms with Gasteiger partial charge in [-0.25, -0.2) is 4.99 Å². The summed E-state index contributed by atoms with van der Waals surface area (Å²) in [5.41, 5.74) is 5.08. The molecule has 0 aliphatic carbocycles. The summed E-state index contributed by atoms with van der Waals surface area (Å²) < 4.78 is 0. The highest BCUT2D eigenvalue weighted by molar-refractivity contribution is 6.31. The van der Waals surface area contributed by atoms with E-state index in [0.29, 0.717) is 16.9 Å². The Balaban J connectivity index is 2.12. The van der Waals surface area contributed by atoms with Crippen LogP contribution in [0, 0.1) is 20.8 Å². The topological polar surface area (TPSA) is 44.7 Å². The number of rotatable bonds is 6. The lowest BCUT2D eigenvalue weighted by Gasteiger charge is -2.35. The number of nitrogens with zero attached hydrogens (tertiary/aromatic N) is 2. The van der Waals surface area contributed by atoms with Crippen molar-refractivity contribution in [2.45, 2.75) is 39.7 Å². The van der Waals surface area contributed by atoms with Crippen molar-refractivity contribution in [2.75, 3.05) is 18.4 Å². The maximum atomic E-state index is 11.4. The van der Waals surface area contributed by atoms with Crippen LogP contribution in [-0.4, -0.2) is 37.0 Å². The molecule has 134 valence electrons. The van der Waals surface area contributed by atoms with E-state index < -0.39 is 0 Å².